The molecule has 2 aromatic heterocycles. The van der Waals surface area contributed by atoms with Crippen molar-refractivity contribution in [1.82, 2.24) is 14.9 Å². The standard InChI is InChI=1S/C14H16N4OS/c1-10-9-20-13(16-10)17-14(19)18-8-2-3-12(18)11-4-6-15-7-5-11/h4-7,9,12H,2-3,8H2,1H3,(H,16,17,19). The molecule has 3 rings (SSSR count). The first kappa shape index (κ1) is 13.1. The molecule has 1 atom stereocenters. The van der Waals surface area contributed by atoms with Crippen LogP contribution in [0.1, 0.15) is 30.1 Å². The van der Waals surface area contributed by atoms with Crippen LogP contribution in [0.25, 0.3) is 0 Å². The van der Waals surface area contributed by atoms with Gasteiger partial charge in [0.2, 0.25) is 0 Å². The van der Waals surface area contributed by atoms with E-state index in [0.29, 0.717) is 5.13 Å². The summed E-state index contributed by atoms with van der Waals surface area (Å²) in [6.07, 6.45) is 5.56. The van der Waals surface area contributed by atoms with E-state index >= 15 is 0 Å². The molecule has 1 aliphatic heterocycles. The lowest BCUT2D eigenvalue weighted by molar-refractivity contribution is 0.207. The van der Waals surface area contributed by atoms with Gasteiger partial charge in [0.05, 0.1) is 11.7 Å². The Morgan fingerprint density at radius 3 is 2.95 bits per heavy atom. The topological polar surface area (TPSA) is 58.1 Å². The Balaban J connectivity index is 1.73. The van der Waals surface area contributed by atoms with Crippen LogP contribution in [0.15, 0.2) is 29.9 Å². The molecular formula is C14H16N4OS. The van der Waals surface area contributed by atoms with E-state index in [0.717, 1.165) is 30.6 Å². The number of urea groups is 1. The molecule has 1 N–H and O–H groups in total. The molecule has 5 nitrogen and oxygen atoms in total. The summed E-state index contributed by atoms with van der Waals surface area (Å²) in [5.41, 5.74) is 2.07. The number of anilines is 1. The number of amides is 2. The van der Waals surface area contributed by atoms with Crippen LogP contribution in [0.5, 0.6) is 0 Å². The van der Waals surface area contributed by atoms with Crippen LogP contribution in [0.4, 0.5) is 9.93 Å². The molecule has 0 radical (unpaired) electrons. The summed E-state index contributed by atoms with van der Waals surface area (Å²) in [7, 11) is 0. The van der Waals surface area contributed by atoms with E-state index in [9.17, 15) is 4.79 Å². The minimum atomic E-state index is -0.0707. The molecule has 1 saturated heterocycles. The van der Waals surface area contributed by atoms with Crippen molar-refractivity contribution in [2.45, 2.75) is 25.8 Å². The van der Waals surface area contributed by atoms with Crippen molar-refractivity contribution in [3.05, 3.63) is 41.2 Å². The van der Waals surface area contributed by atoms with Gasteiger partial charge in [0.25, 0.3) is 0 Å². The lowest BCUT2D eigenvalue weighted by Gasteiger charge is -2.24. The molecular weight excluding hydrogens is 272 g/mol. The van der Waals surface area contributed by atoms with Gasteiger partial charge in [0.1, 0.15) is 0 Å². The average Bonchev–Trinajstić information content (AvgIpc) is 3.09. The maximum atomic E-state index is 12.4. The van der Waals surface area contributed by atoms with Gasteiger partial charge >= 0.3 is 6.03 Å². The average molecular weight is 288 g/mol. The summed E-state index contributed by atoms with van der Waals surface area (Å²) in [5.74, 6) is 0. The van der Waals surface area contributed by atoms with Gasteiger partial charge in [0, 0.05) is 24.3 Å². The molecule has 1 fully saturated rings. The zero-order valence-electron chi connectivity index (χ0n) is 11.2. The lowest BCUT2D eigenvalue weighted by atomic mass is 10.1. The van der Waals surface area contributed by atoms with Crippen LogP contribution in [-0.4, -0.2) is 27.4 Å². The number of nitrogens with zero attached hydrogens (tertiary/aromatic N) is 3. The first-order chi connectivity index (χ1) is 9.74. The Morgan fingerprint density at radius 2 is 2.25 bits per heavy atom. The van der Waals surface area contributed by atoms with Crippen molar-refractivity contribution < 1.29 is 4.79 Å². The predicted molar refractivity (Wildman–Crippen MR) is 78.8 cm³/mol. The van der Waals surface area contributed by atoms with Crippen LogP contribution in [0, 0.1) is 6.92 Å². The molecule has 1 aliphatic rings. The van der Waals surface area contributed by atoms with Gasteiger partial charge in [-0.1, -0.05) is 0 Å². The number of rotatable bonds is 2. The van der Waals surface area contributed by atoms with Gasteiger partial charge in [-0.2, -0.15) is 0 Å². The number of nitrogens with one attached hydrogen (secondary N) is 1. The second-order valence-electron chi connectivity index (χ2n) is 4.86. The van der Waals surface area contributed by atoms with Crippen LogP contribution in [-0.2, 0) is 0 Å². The van der Waals surface area contributed by atoms with Crippen molar-refractivity contribution in [2.75, 3.05) is 11.9 Å². The van der Waals surface area contributed by atoms with E-state index in [2.05, 4.69) is 15.3 Å². The summed E-state index contributed by atoms with van der Waals surface area (Å²) in [6.45, 7) is 2.70. The van der Waals surface area contributed by atoms with Crippen molar-refractivity contribution >= 4 is 22.5 Å². The van der Waals surface area contributed by atoms with Crippen LogP contribution >= 0.6 is 11.3 Å². The van der Waals surface area contributed by atoms with Crippen LogP contribution in [0.2, 0.25) is 0 Å². The number of aryl methyl sites for hydroxylation is 1. The molecule has 20 heavy (non-hydrogen) atoms. The smallest absolute Gasteiger partial charge is 0.317 e. The Bertz CT molecular complexity index is 598. The molecule has 0 saturated carbocycles. The van der Waals surface area contributed by atoms with Gasteiger partial charge < -0.3 is 4.90 Å². The highest BCUT2D eigenvalue weighted by Crippen LogP contribution is 2.32. The number of thiazole rings is 1. The first-order valence-electron chi connectivity index (χ1n) is 6.64. The SMILES string of the molecule is Cc1csc(NC(=O)N2CCCC2c2ccncc2)n1. The molecule has 0 bridgehead atoms. The zero-order chi connectivity index (χ0) is 13.9. The van der Waals surface area contributed by atoms with Crippen molar-refractivity contribution in [3.63, 3.8) is 0 Å². The number of likely N-dealkylation sites (tertiary alicyclic amines) is 1. The minimum absolute atomic E-state index is 0.0707. The Hall–Kier alpha value is -1.95. The fourth-order valence-corrected chi connectivity index (χ4v) is 3.19. The molecule has 6 heteroatoms. The lowest BCUT2D eigenvalue weighted by Crippen LogP contribution is -2.34. The minimum Gasteiger partial charge on any atom is -0.317 e. The third-order valence-electron chi connectivity index (χ3n) is 3.44. The molecule has 0 aromatic carbocycles. The number of carbonyl (C=O) groups is 1. The summed E-state index contributed by atoms with van der Waals surface area (Å²) in [6, 6.07) is 4.02. The summed E-state index contributed by atoms with van der Waals surface area (Å²) in [4.78, 5) is 22.6. The van der Waals surface area contributed by atoms with Crippen molar-refractivity contribution in [3.8, 4) is 0 Å². The molecule has 2 aromatic rings. The van der Waals surface area contributed by atoms with E-state index in [4.69, 9.17) is 0 Å². The van der Waals surface area contributed by atoms with Gasteiger partial charge in [-0.3, -0.25) is 10.3 Å². The fraction of sp³-hybridized carbons (Fsp3) is 0.357. The molecule has 3 heterocycles. The highest BCUT2D eigenvalue weighted by molar-refractivity contribution is 7.13. The number of hydrogen-bond donors (Lipinski definition) is 1. The number of aromatic nitrogens is 2. The summed E-state index contributed by atoms with van der Waals surface area (Å²) >= 11 is 1.45. The molecule has 0 spiro atoms. The van der Waals surface area contributed by atoms with Gasteiger partial charge in [-0.25, -0.2) is 9.78 Å². The van der Waals surface area contributed by atoms with E-state index in [1.54, 1.807) is 12.4 Å². The second kappa shape index (κ2) is 5.58. The van der Waals surface area contributed by atoms with Crippen LogP contribution < -0.4 is 5.32 Å². The maximum Gasteiger partial charge on any atom is 0.324 e. The Labute approximate surface area is 121 Å². The normalized spacial score (nSPS) is 18.2. The van der Waals surface area contributed by atoms with Crippen molar-refractivity contribution in [1.29, 1.82) is 0 Å². The summed E-state index contributed by atoms with van der Waals surface area (Å²) < 4.78 is 0. The monoisotopic (exact) mass is 288 g/mol. The second-order valence-corrected chi connectivity index (χ2v) is 5.71. The number of pyridine rings is 1. The highest BCUT2D eigenvalue weighted by Gasteiger charge is 2.30. The van der Waals surface area contributed by atoms with E-state index < -0.39 is 0 Å². The Morgan fingerprint density at radius 1 is 1.45 bits per heavy atom. The van der Waals surface area contributed by atoms with Crippen LogP contribution in [0.3, 0.4) is 0 Å². The molecule has 1 unspecified atom stereocenters. The van der Waals surface area contributed by atoms with Gasteiger partial charge in [-0.15, -0.1) is 11.3 Å². The third kappa shape index (κ3) is 2.65. The maximum absolute atomic E-state index is 12.4. The predicted octanol–water partition coefficient (Wildman–Crippen LogP) is 3.22. The fourth-order valence-electron chi connectivity index (χ4n) is 2.52. The van der Waals surface area contributed by atoms with E-state index in [1.807, 2.05) is 29.3 Å². The molecule has 2 amide bonds. The zero-order valence-corrected chi connectivity index (χ0v) is 12.1. The molecule has 0 aliphatic carbocycles. The third-order valence-corrected chi connectivity index (χ3v) is 4.31. The van der Waals surface area contributed by atoms with E-state index in [-0.39, 0.29) is 12.1 Å². The quantitative estimate of drug-likeness (QED) is 0.923. The van der Waals surface area contributed by atoms with E-state index in [1.165, 1.54) is 11.3 Å². The van der Waals surface area contributed by atoms with Gasteiger partial charge in [-0.05, 0) is 37.5 Å². The summed E-state index contributed by atoms with van der Waals surface area (Å²) in [5, 5.41) is 5.47. The largest absolute Gasteiger partial charge is 0.324 e. The van der Waals surface area contributed by atoms with Gasteiger partial charge in [0.15, 0.2) is 5.13 Å². The molecule has 104 valence electrons. The highest BCUT2D eigenvalue weighted by atomic mass is 32.1. The number of hydrogen-bond acceptors (Lipinski definition) is 4. The Kier molecular flexibility index (Phi) is 3.64. The number of carbonyl (C=O) groups excluding carboxylic acids is 1. The first-order valence-corrected chi connectivity index (χ1v) is 7.51. The van der Waals surface area contributed by atoms with Crippen molar-refractivity contribution in [2.24, 2.45) is 0 Å².